The first-order chi connectivity index (χ1) is 8.45. The summed E-state index contributed by atoms with van der Waals surface area (Å²) in [5, 5.41) is 19.5. The van der Waals surface area contributed by atoms with Gasteiger partial charge in [-0.1, -0.05) is 0 Å². The number of primary amides is 1. The van der Waals surface area contributed by atoms with Gasteiger partial charge in [0.15, 0.2) is 0 Å². The van der Waals surface area contributed by atoms with Crippen molar-refractivity contribution >= 4 is 5.91 Å². The summed E-state index contributed by atoms with van der Waals surface area (Å²) in [6.07, 6.45) is -3.25. The highest BCUT2D eigenvalue weighted by molar-refractivity contribution is 5.74. The zero-order valence-corrected chi connectivity index (χ0v) is 9.97. The maximum absolute atomic E-state index is 13.1. The first-order valence-electron chi connectivity index (χ1n) is 5.52. The first-order valence-corrected chi connectivity index (χ1v) is 5.52. The molecule has 0 heterocycles. The van der Waals surface area contributed by atoms with Crippen molar-refractivity contribution in [1.82, 2.24) is 0 Å². The number of hydrogen-bond acceptors (Lipinski definition) is 4. The van der Waals surface area contributed by atoms with Crippen LogP contribution in [0.3, 0.4) is 0 Å². The molecule has 18 heavy (non-hydrogen) atoms. The van der Waals surface area contributed by atoms with Crippen LogP contribution >= 0.6 is 0 Å². The molecule has 2 unspecified atom stereocenters. The monoisotopic (exact) mass is 257 g/mol. The number of halogens is 1. The number of aliphatic hydroxyl groups is 2. The molecule has 0 saturated heterocycles. The number of ether oxygens (including phenoxy) is 1. The van der Waals surface area contributed by atoms with E-state index in [4.69, 9.17) is 10.5 Å². The van der Waals surface area contributed by atoms with Crippen LogP contribution in [0.4, 0.5) is 4.39 Å². The van der Waals surface area contributed by atoms with E-state index in [1.807, 2.05) is 0 Å². The number of rotatable bonds is 6. The lowest BCUT2D eigenvalue weighted by atomic mass is 10.0. The molecule has 5 nitrogen and oxygen atoms in total. The van der Waals surface area contributed by atoms with Gasteiger partial charge in [0.2, 0.25) is 5.91 Å². The van der Waals surface area contributed by atoms with E-state index < -0.39 is 30.4 Å². The lowest BCUT2D eigenvalue weighted by Gasteiger charge is -2.19. The van der Waals surface area contributed by atoms with Crippen molar-refractivity contribution in [2.24, 2.45) is 5.73 Å². The Balaban J connectivity index is 2.98. The van der Waals surface area contributed by atoms with E-state index in [2.05, 4.69) is 0 Å². The van der Waals surface area contributed by atoms with Gasteiger partial charge >= 0.3 is 0 Å². The lowest BCUT2D eigenvalue weighted by Crippen LogP contribution is -2.26. The molecule has 0 spiro atoms. The molecule has 6 heteroatoms. The average molecular weight is 257 g/mol. The van der Waals surface area contributed by atoms with Crippen LogP contribution in [0.5, 0.6) is 5.75 Å². The maximum Gasteiger partial charge on any atom is 0.220 e. The van der Waals surface area contributed by atoms with Gasteiger partial charge in [0, 0.05) is 5.56 Å². The molecule has 0 radical (unpaired) electrons. The predicted octanol–water partition coefficient (Wildman–Crippen LogP) is 0.494. The largest absolute Gasteiger partial charge is 0.493 e. The van der Waals surface area contributed by atoms with Crippen LogP contribution in [0, 0.1) is 5.82 Å². The number of benzene rings is 1. The highest BCUT2D eigenvalue weighted by Crippen LogP contribution is 2.29. The fourth-order valence-electron chi connectivity index (χ4n) is 1.56. The van der Waals surface area contributed by atoms with Crippen LogP contribution in [0.2, 0.25) is 0 Å². The molecule has 4 N–H and O–H groups in total. The van der Waals surface area contributed by atoms with Crippen LogP contribution in [0.25, 0.3) is 0 Å². The van der Waals surface area contributed by atoms with E-state index in [-0.39, 0.29) is 11.3 Å². The molecule has 1 aromatic carbocycles. The minimum Gasteiger partial charge on any atom is -0.493 e. The lowest BCUT2D eigenvalue weighted by molar-refractivity contribution is -0.121. The molecule has 2 atom stereocenters. The van der Waals surface area contributed by atoms with E-state index in [0.717, 1.165) is 6.07 Å². The van der Waals surface area contributed by atoms with Crippen LogP contribution < -0.4 is 10.5 Å². The molecular formula is C12H16FNO4. The normalized spacial score (nSPS) is 14.0. The van der Waals surface area contributed by atoms with E-state index in [0.29, 0.717) is 6.61 Å². The Morgan fingerprint density at radius 3 is 2.72 bits per heavy atom. The van der Waals surface area contributed by atoms with E-state index in [9.17, 15) is 19.4 Å². The summed E-state index contributed by atoms with van der Waals surface area (Å²) >= 11 is 0. The van der Waals surface area contributed by atoms with Crippen molar-refractivity contribution in [1.29, 1.82) is 0 Å². The van der Waals surface area contributed by atoms with Crippen molar-refractivity contribution in [3.63, 3.8) is 0 Å². The highest BCUT2D eigenvalue weighted by atomic mass is 19.1. The van der Waals surface area contributed by atoms with Gasteiger partial charge in [0.25, 0.3) is 0 Å². The average Bonchev–Trinajstić information content (AvgIpc) is 2.30. The maximum atomic E-state index is 13.1. The van der Waals surface area contributed by atoms with E-state index >= 15 is 0 Å². The molecule has 0 fully saturated rings. The first kappa shape index (κ1) is 14.4. The molecule has 0 saturated carbocycles. The molecule has 1 aromatic rings. The van der Waals surface area contributed by atoms with Crippen molar-refractivity contribution in [2.45, 2.75) is 25.6 Å². The van der Waals surface area contributed by atoms with Crippen LogP contribution in [0.1, 0.15) is 25.0 Å². The summed E-state index contributed by atoms with van der Waals surface area (Å²) in [5.74, 6) is -1.07. The van der Waals surface area contributed by atoms with Crippen molar-refractivity contribution in [2.75, 3.05) is 6.61 Å². The molecule has 100 valence electrons. The Morgan fingerprint density at radius 2 is 2.17 bits per heavy atom. The quantitative estimate of drug-likeness (QED) is 0.691. The summed E-state index contributed by atoms with van der Waals surface area (Å²) in [7, 11) is 0. The Bertz CT molecular complexity index is 425. The molecule has 0 aliphatic rings. The van der Waals surface area contributed by atoms with Gasteiger partial charge < -0.3 is 20.7 Å². The van der Waals surface area contributed by atoms with Gasteiger partial charge in [0.05, 0.1) is 19.1 Å². The Labute approximate surface area is 104 Å². The Hall–Kier alpha value is -1.66. The summed E-state index contributed by atoms with van der Waals surface area (Å²) in [6.45, 7) is 2.07. The molecule has 0 bridgehead atoms. The molecule has 1 amide bonds. The van der Waals surface area contributed by atoms with Crippen LogP contribution in [-0.4, -0.2) is 28.8 Å². The van der Waals surface area contributed by atoms with Crippen molar-refractivity contribution in [3.8, 4) is 5.75 Å². The van der Waals surface area contributed by atoms with Crippen LogP contribution in [0.15, 0.2) is 18.2 Å². The van der Waals surface area contributed by atoms with E-state index in [1.165, 1.54) is 12.1 Å². The SMILES string of the molecule is CCOc1ccc(F)cc1C(O)C(O)CC(N)=O. The molecule has 0 aliphatic heterocycles. The van der Waals surface area contributed by atoms with Gasteiger partial charge in [-0.15, -0.1) is 0 Å². The third-order valence-corrected chi connectivity index (χ3v) is 2.37. The second kappa shape index (κ2) is 6.32. The van der Waals surface area contributed by atoms with Crippen molar-refractivity contribution in [3.05, 3.63) is 29.6 Å². The van der Waals surface area contributed by atoms with Gasteiger partial charge in [-0.2, -0.15) is 0 Å². The summed E-state index contributed by atoms with van der Waals surface area (Å²) in [6, 6.07) is 3.59. The predicted molar refractivity (Wildman–Crippen MR) is 62.3 cm³/mol. The van der Waals surface area contributed by atoms with Crippen LogP contribution in [-0.2, 0) is 4.79 Å². The minimum absolute atomic E-state index is 0.0885. The van der Waals surface area contributed by atoms with Gasteiger partial charge in [0.1, 0.15) is 17.7 Å². The van der Waals surface area contributed by atoms with Gasteiger partial charge in [-0.25, -0.2) is 4.39 Å². The molecule has 1 rings (SSSR count). The fourth-order valence-corrected chi connectivity index (χ4v) is 1.56. The molecular weight excluding hydrogens is 241 g/mol. The zero-order valence-electron chi connectivity index (χ0n) is 9.97. The number of hydrogen-bond donors (Lipinski definition) is 3. The minimum atomic E-state index is -1.44. The number of carbonyl (C=O) groups is 1. The number of amides is 1. The van der Waals surface area contributed by atoms with Gasteiger partial charge in [-0.05, 0) is 25.1 Å². The number of carbonyl (C=O) groups excluding carboxylic acids is 1. The zero-order chi connectivity index (χ0) is 13.7. The summed E-state index contributed by atoms with van der Waals surface area (Å²) in [4.78, 5) is 10.7. The fraction of sp³-hybridized carbons (Fsp3) is 0.417. The topological polar surface area (TPSA) is 92.8 Å². The van der Waals surface area contributed by atoms with E-state index in [1.54, 1.807) is 6.92 Å². The second-order valence-corrected chi connectivity index (χ2v) is 3.80. The summed E-state index contributed by atoms with van der Waals surface area (Å²) < 4.78 is 18.3. The second-order valence-electron chi connectivity index (χ2n) is 3.80. The molecule has 0 aliphatic carbocycles. The molecule has 0 aromatic heterocycles. The van der Waals surface area contributed by atoms with Gasteiger partial charge in [-0.3, -0.25) is 4.79 Å². The Morgan fingerprint density at radius 1 is 1.50 bits per heavy atom. The highest BCUT2D eigenvalue weighted by Gasteiger charge is 2.24. The number of nitrogens with two attached hydrogens (primary N) is 1. The third-order valence-electron chi connectivity index (χ3n) is 2.37. The van der Waals surface area contributed by atoms with Crippen molar-refractivity contribution < 1.29 is 24.1 Å². The third kappa shape index (κ3) is 3.68. The smallest absolute Gasteiger partial charge is 0.220 e. The summed E-state index contributed by atoms with van der Waals surface area (Å²) in [5.41, 5.74) is 5.01. The Kier molecular flexibility index (Phi) is 5.06. The standard InChI is InChI=1S/C12H16FNO4/c1-2-18-10-4-3-7(13)5-8(10)12(17)9(15)6-11(14)16/h3-5,9,12,15,17H,2,6H2,1H3,(H2,14,16). The number of aliphatic hydroxyl groups excluding tert-OH is 2.